The zero-order valence-electron chi connectivity index (χ0n) is 8.91. The van der Waals surface area contributed by atoms with Crippen LogP contribution in [0.1, 0.15) is 16.1 Å². The second kappa shape index (κ2) is 6.18. The minimum Gasteiger partial charge on any atom is -0.298 e. The van der Waals surface area contributed by atoms with Gasteiger partial charge in [-0.15, -0.1) is 22.9 Å². The van der Waals surface area contributed by atoms with Crippen LogP contribution < -0.4 is 5.32 Å². The van der Waals surface area contributed by atoms with Crippen molar-refractivity contribution in [1.29, 1.82) is 0 Å². The molecule has 0 unspecified atom stereocenters. The van der Waals surface area contributed by atoms with Crippen molar-refractivity contribution in [2.45, 2.75) is 5.88 Å². The van der Waals surface area contributed by atoms with Gasteiger partial charge < -0.3 is 0 Å². The van der Waals surface area contributed by atoms with E-state index in [0.29, 0.717) is 21.6 Å². The van der Waals surface area contributed by atoms with Crippen molar-refractivity contribution in [2.24, 2.45) is 0 Å². The van der Waals surface area contributed by atoms with Crippen LogP contribution in [0.25, 0.3) is 0 Å². The van der Waals surface area contributed by atoms with E-state index in [1.54, 1.807) is 18.2 Å². The van der Waals surface area contributed by atoms with Crippen molar-refractivity contribution in [3.05, 3.63) is 43.4 Å². The summed E-state index contributed by atoms with van der Waals surface area (Å²) in [6.07, 6.45) is 0. The molecular weight excluding hydrogens is 406 g/mol. The standard InChI is InChI=1S/C11H7Cl2IN2OS/c12-4-7-5-18-11(15-7)16-10(17)8-3-6(13)1-2-9(8)14/h1-3,5H,4H2,(H,15,16,17). The van der Waals surface area contributed by atoms with E-state index in [-0.39, 0.29) is 5.91 Å². The normalized spacial score (nSPS) is 10.4. The smallest absolute Gasteiger partial charge is 0.258 e. The van der Waals surface area contributed by atoms with Crippen molar-refractivity contribution >= 4 is 68.2 Å². The molecule has 0 fully saturated rings. The maximum Gasteiger partial charge on any atom is 0.258 e. The van der Waals surface area contributed by atoms with Crippen molar-refractivity contribution < 1.29 is 4.79 Å². The Morgan fingerprint density at radius 3 is 2.94 bits per heavy atom. The fourth-order valence-corrected chi connectivity index (χ4v) is 2.95. The molecule has 94 valence electrons. The van der Waals surface area contributed by atoms with Gasteiger partial charge in [0.15, 0.2) is 5.13 Å². The second-order valence-corrected chi connectivity index (χ2v) is 6.08. The minimum absolute atomic E-state index is 0.225. The third-order valence-electron chi connectivity index (χ3n) is 2.08. The van der Waals surface area contributed by atoms with Crippen LogP contribution >= 0.6 is 57.1 Å². The first kappa shape index (κ1) is 14.0. The van der Waals surface area contributed by atoms with Gasteiger partial charge in [0, 0.05) is 14.0 Å². The Kier molecular flexibility index (Phi) is 4.83. The summed E-state index contributed by atoms with van der Waals surface area (Å²) in [6, 6.07) is 5.17. The van der Waals surface area contributed by atoms with E-state index >= 15 is 0 Å². The SMILES string of the molecule is O=C(Nc1nc(CCl)cs1)c1cc(Cl)ccc1I. The Labute approximate surface area is 132 Å². The molecule has 0 aliphatic heterocycles. The summed E-state index contributed by atoms with van der Waals surface area (Å²) in [5.41, 5.74) is 1.28. The van der Waals surface area contributed by atoms with Gasteiger partial charge in [0.25, 0.3) is 5.91 Å². The van der Waals surface area contributed by atoms with Crippen LogP contribution in [0.2, 0.25) is 5.02 Å². The minimum atomic E-state index is -0.225. The molecular formula is C11H7Cl2IN2OS. The molecule has 2 aromatic rings. The van der Waals surface area contributed by atoms with Crippen LogP contribution in [-0.4, -0.2) is 10.9 Å². The Hall–Kier alpha value is -0.370. The number of halogens is 3. The molecule has 0 saturated carbocycles. The molecule has 0 aliphatic rings. The average molecular weight is 413 g/mol. The molecule has 0 saturated heterocycles. The number of benzene rings is 1. The molecule has 1 N–H and O–H groups in total. The number of nitrogens with zero attached hydrogens (tertiary/aromatic N) is 1. The highest BCUT2D eigenvalue weighted by molar-refractivity contribution is 14.1. The van der Waals surface area contributed by atoms with E-state index in [9.17, 15) is 4.79 Å². The van der Waals surface area contributed by atoms with E-state index in [1.165, 1.54) is 11.3 Å². The third kappa shape index (κ3) is 3.34. The molecule has 1 aromatic heterocycles. The van der Waals surface area contributed by atoms with Crippen LogP contribution in [0.3, 0.4) is 0 Å². The van der Waals surface area contributed by atoms with Gasteiger partial charge in [-0.2, -0.15) is 0 Å². The molecule has 1 aromatic carbocycles. The monoisotopic (exact) mass is 412 g/mol. The highest BCUT2D eigenvalue weighted by Gasteiger charge is 2.12. The maximum atomic E-state index is 12.0. The summed E-state index contributed by atoms with van der Waals surface area (Å²) >= 11 is 15.0. The van der Waals surface area contributed by atoms with Gasteiger partial charge in [-0.05, 0) is 40.8 Å². The predicted molar refractivity (Wildman–Crippen MR) is 83.8 cm³/mol. The first-order chi connectivity index (χ1) is 8.60. The number of thiazole rings is 1. The lowest BCUT2D eigenvalue weighted by atomic mass is 10.2. The van der Waals surface area contributed by atoms with Gasteiger partial charge in [0.1, 0.15) is 0 Å². The Morgan fingerprint density at radius 1 is 1.50 bits per heavy atom. The molecule has 0 atom stereocenters. The molecule has 2 rings (SSSR count). The van der Waals surface area contributed by atoms with Crippen molar-refractivity contribution in [1.82, 2.24) is 4.98 Å². The zero-order valence-corrected chi connectivity index (χ0v) is 13.4. The first-order valence-corrected chi connectivity index (χ1v) is 7.74. The summed E-state index contributed by atoms with van der Waals surface area (Å²) in [6.45, 7) is 0. The van der Waals surface area contributed by atoms with Crippen molar-refractivity contribution in [2.75, 3.05) is 5.32 Å². The predicted octanol–water partition coefficient (Wildman–Crippen LogP) is 4.39. The zero-order chi connectivity index (χ0) is 13.1. The number of anilines is 1. The largest absolute Gasteiger partial charge is 0.298 e. The summed E-state index contributed by atoms with van der Waals surface area (Å²) in [5, 5.41) is 5.60. The number of nitrogens with one attached hydrogen (secondary N) is 1. The van der Waals surface area contributed by atoms with Gasteiger partial charge >= 0.3 is 0 Å². The lowest BCUT2D eigenvalue weighted by molar-refractivity contribution is 0.102. The second-order valence-electron chi connectivity index (χ2n) is 3.36. The number of rotatable bonds is 3. The van der Waals surface area contributed by atoms with Gasteiger partial charge in [0.2, 0.25) is 0 Å². The average Bonchev–Trinajstić information content (AvgIpc) is 2.80. The van der Waals surface area contributed by atoms with Gasteiger partial charge in [0.05, 0.1) is 17.1 Å². The number of carbonyl (C=O) groups excluding carboxylic acids is 1. The summed E-state index contributed by atoms with van der Waals surface area (Å²) < 4.78 is 0.837. The number of hydrogen-bond acceptors (Lipinski definition) is 3. The van der Waals surface area contributed by atoms with E-state index in [1.807, 2.05) is 5.38 Å². The summed E-state index contributed by atoms with van der Waals surface area (Å²) in [5.74, 6) is 0.110. The quantitative estimate of drug-likeness (QED) is 0.599. The number of aromatic nitrogens is 1. The van der Waals surface area contributed by atoms with Crippen LogP contribution in [0.15, 0.2) is 23.6 Å². The summed E-state index contributed by atoms with van der Waals surface area (Å²) in [7, 11) is 0. The fourth-order valence-electron chi connectivity index (χ4n) is 1.26. The number of hydrogen-bond donors (Lipinski definition) is 1. The van der Waals surface area contributed by atoms with E-state index in [0.717, 1.165) is 9.26 Å². The van der Waals surface area contributed by atoms with Crippen LogP contribution in [0, 0.1) is 3.57 Å². The summed E-state index contributed by atoms with van der Waals surface area (Å²) in [4.78, 5) is 16.2. The Bertz CT molecular complexity index is 588. The van der Waals surface area contributed by atoms with Gasteiger partial charge in [-0.1, -0.05) is 11.6 Å². The molecule has 18 heavy (non-hydrogen) atoms. The van der Waals surface area contributed by atoms with Crippen LogP contribution in [0.4, 0.5) is 5.13 Å². The van der Waals surface area contributed by atoms with Crippen molar-refractivity contribution in [3.63, 3.8) is 0 Å². The van der Waals surface area contributed by atoms with E-state index < -0.39 is 0 Å². The Morgan fingerprint density at radius 2 is 2.28 bits per heavy atom. The molecule has 1 heterocycles. The van der Waals surface area contributed by atoms with Gasteiger partial charge in [-0.3, -0.25) is 10.1 Å². The number of carbonyl (C=O) groups is 1. The molecule has 0 bridgehead atoms. The van der Waals surface area contributed by atoms with Crippen LogP contribution in [0.5, 0.6) is 0 Å². The number of alkyl halides is 1. The molecule has 0 spiro atoms. The van der Waals surface area contributed by atoms with E-state index in [4.69, 9.17) is 23.2 Å². The topological polar surface area (TPSA) is 42.0 Å². The first-order valence-electron chi connectivity index (χ1n) is 4.87. The fraction of sp³-hybridized carbons (Fsp3) is 0.0909. The highest BCUT2D eigenvalue weighted by atomic mass is 127. The molecule has 0 radical (unpaired) electrons. The molecule has 7 heteroatoms. The number of amides is 1. The third-order valence-corrected chi connectivity index (χ3v) is 4.34. The molecule has 3 nitrogen and oxygen atoms in total. The lowest BCUT2D eigenvalue weighted by Crippen LogP contribution is -2.13. The van der Waals surface area contributed by atoms with E-state index in [2.05, 4.69) is 32.9 Å². The highest BCUT2D eigenvalue weighted by Crippen LogP contribution is 2.21. The van der Waals surface area contributed by atoms with Crippen LogP contribution in [-0.2, 0) is 5.88 Å². The molecule has 0 aliphatic carbocycles. The Balaban J connectivity index is 2.19. The van der Waals surface area contributed by atoms with Gasteiger partial charge in [-0.25, -0.2) is 4.98 Å². The molecule has 1 amide bonds. The van der Waals surface area contributed by atoms with Crippen molar-refractivity contribution in [3.8, 4) is 0 Å². The lowest BCUT2D eigenvalue weighted by Gasteiger charge is -2.04. The maximum absolute atomic E-state index is 12.0.